The minimum atomic E-state index is -0.195. The molecule has 0 bridgehead atoms. The van der Waals surface area contributed by atoms with Crippen LogP contribution in [-0.4, -0.2) is 29.1 Å². The van der Waals surface area contributed by atoms with Crippen molar-refractivity contribution in [3.8, 4) is 5.75 Å². The van der Waals surface area contributed by atoms with Gasteiger partial charge in [-0.2, -0.15) is 5.10 Å². The highest BCUT2D eigenvalue weighted by molar-refractivity contribution is 8.15. The van der Waals surface area contributed by atoms with Gasteiger partial charge >= 0.3 is 0 Å². The summed E-state index contributed by atoms with van der Waals surface area (Å²) in [7, 11) is 1.63. The Morgan fingerprint density at radius 2 is 1.88 bits per heavy atom. The second-order valence-corrected chi connectivity index (χ2v) is 6.80. The Bertz CT molecular complexity index is 801. The molecule has 0 saturated carbocycles. The Morgan fingerprint density at radius 3 is 2.56 bits per heavy atom. The van der Waals surface area contributed by atoms with Gasteiger partial charge in [0.15, 0.2) is 5.17 Å². The van der Waals surface area contributed by atoms with E-state index in [1.165, 1.54) is 11.8 Å². The summed E-state index contributed by atoms with van der Waals surface area (Å²) < 4.78 is 5.15. The molecule has 3 rings (SSSR count). The lowest BCUT2D eigenvalue weighted by molar-refractivity contribution is -0.118. The van der Waals surface area contributed by atoms with Gasteiger partial charge in [0.25, 0.3) is 0 Å². The summed E-state index contributed by atoms with van der Waals surface area (Å²) in [5.74, 6) is 0.771. The molecule has 0 radical (unpaired) electrons. The highest BCUT2D eigenvalue weighted by Crippen LogP contribution is 2.24. The van der Waals surface area contributed by atoms with Crippen molar-refractivity contribution in [2.75, 3.05) is 7.11 Å². The third kappa shape index (κ3) is 4.48. The van der Waals surface area contributed by atoms with E-state index in [-0.39, 0.29) is 11.2 Å². The van der Waals surface area contributed by atoms with Crippen LogP contribution in [0.2, 0.25) is 0 Å². The summed E-state index contributed by atoms with van der Waals surface area (Å²) in [5, 5.41) is 11.6. The smallest absolute Gasteiger partial charge is 0.239 e. The summed E-state index contributed by atoms with van der Waals surface area (Å²) in [4.78, 5) is 12.1. The Kier molecular flexibility index (Phi) is 5.50. The zero-order valence-corrected chi connectivity index (χ0v) is 14.9. The lowest BCUT2D eigenvalue weighted by Crippen LogP contribution is -2.25. The molecule has 1 aliphatic heterocycles. The van der Waals surface area contributed by atoms with Gasteiger partial charge in [0.2, 0.25) is 5.91 Å². The van der Waals surface area contributed by atoms with Gasteiger partial charge in [0.1, 0.15) is 5.75 Å². The summed E-state index contributed by atoms with van der Waals surface area (Å²) in [6.07, 6.45) is 0.640. The molecular formula is C19H19N3O2S. The molecule has 1 aliphatic rings. The van der Waals surface area contributed by atoms with Crippen molar-refractivity contribution in [3.05, 3.63) is 65.7 Å². The van der Waals surface area contributed by atoms with Gasteiger partial charge in [0.05, 0.1) is 18.1 Å². The summed E-state index contributed by atoms with van der Waals surface area (Å²) in [6.45, 7) is 1.90. The van der Waals surface area contributed by atoms with Gasteiger partial charge in [-0.15, -0.1) is 5.10 Å². The van der Waals surface area contributed by atoms with E-state index in [4.69, 9.17) is 4.74 Å². The number of ether oxygens (including phenoxy) is 1. The Balaban J connectivity index is 1.65. The molecule has 1 N–H and O–H groups in total. The molecule has 1 atom stereocenters. The molecule has 6 heteroatoms. The molecule has 2 aromatic carbocycles. The molecular weight excluding hydrogens is 334 g/mol. The van der Waals surface area contributed by atoms with Crippen molar-refractivity contribution < 1.29 is 9.53 Å². The summed E-state index contributed by atoms with van der Waals surface area (Å²) in [6, 6.07) is 17.6. The van der Waals surface area contributed by atoms with Crippen LogP contribution in [0.25, 0.3) is 0 Å². The standard InChI is InChI=1S/C19H19N3O2S/c1-13(15-6-4-3-5-7-15)21-22-19-20-18(23)17(25-19)12-14-8-10-16(24-2)11-9-14/h3-11,17H,12H2,1-2H3,(H,20,22,23)/b21-13-/t17-/m1/s1. The first-order valence-electron chi connectivity index (χ1n) is 7.94. The lowest BCUT2D eigenvalue weighted by atomic mass is 10.1. The maximum Gasteiger partial charge on any atom is 0.239 e. The molecule has 1 heterocycles. The first kappa shape index (κ1) is 17.2. The minimum absolute atomic E-state index is 0.0351. The highest BCUT2D eigenvalue weighted by atomic mass is 32.2. The van der Waals surface area contributed by atoms with E-state index < -0.39 is 0 Å². The van der Waals surface area contributed by atoms with Crippen LogP contribution in [0, 0.1) is 0 Å². The minimum Gasteiger partial charge on any atom is -0.497 e. The monoisotopic (exact) mass is 353 g/mol. The maximum atomic E-state index is 12.1. The van der Waals surface area contributed by atoms with E-state index >= 15 is 0 Å². The average Bonchev–Trinajstić information content (AvgIpc) is 3.00. The quantitative estimate of drug-likeness (QED) is 0.663. The molecule has 1 fully saturated rings. The predicted octanol–water partition coefficient (Wildman–Crippen LogP) is 3.25. The largest absolute Gasteiger partial charge is 0.497 e. The highest BCUT2D eigenvalue weighted by Gasteiger charge is 2.30. The van der Waals surface area contributed by atoms with Crippen LogP contribution in [0.1, 0.15) is 18.1 Å². The zero-order valence-electron chi connectivity index (χ0n) is 14.1. The fourth-order valence-electron chi connectivity index (χ4n) is 2.42. The zero-order chi connectivity index (χ0) is 17.6. The van der Waals surface area contributed by atoms with Crippen LogP contribution in [0.5, 0.6) is 5.75 Å². The normalized spacial score (nSPS) is 19.1. The molecule has 5 nitrogen and oxygen atoms in total. The van der Waals surface area contributed by atoms with Crippen molar-refractivity contribution >= 4 is 28.5 Å². The summed E-state index contributed by atoms with van der Waals surface area (Å²) >= 11 is 1.41. The van der Waals surface area contributed by atoms with E-state index in [1.807, 2.05) is 61.5 Å². The number of carbonyl (C=O) groups is 1. The van der Waals surface area contributed by atoms with Gasteiger partial charge in [-0.25, -0.2) is 0 Å². The van der Waals surface area contributed by atoms with Crippen LogP contribution < -0.4 is 10.1 Å². The van der Waals surface area contributed by atoms with Crippen LogP contribution in [0.15, 0.2) is 64.8 Å². The number of nitrogens with one attached hydrogen (secondary N) is 1. The van der Waals surface area contributed by atoms with Crippen molar-refractivity contribution in [1.82, 2.24) is 5.32 Å². The number of methoxy groups -OCH3 is 1. The topological polar surface area (TPSA) is 63.1 Å². The number of amidine groups is 1. The van der Waals surface area contributed by atoms with E-state index in [9.17, 15) is 4.79 Å². The fraction of sp³-hybridized carbons (Fsp3) is 0.211. The van der Waals surface area contributed by atoms with Crippen LogP contribution in [0.4, 0.5) is 0 Å². The number of thioether (sulfide) groups is 1. The Morgan fingerprint density at radius 1 is 1.16 bits per heavy atom. The van der Waals surface area contributed by atoms with Gasteiger partial charge < -0.3 is 10.1 Å². The first-order chi connectivity index (χ1) is 12.2. The van der Waals surface area contributed by atoms with Crippen molar-refractivity contribution in [2.24, 2.45) is 10.2 Å². The molecule has 0 spiro atoms. The number of benzene rings is 2. The number of amides is 1. The second-order valence-electron chi connectivity index (χ2n) is 5.60. The SMILES string of the molecule is COc1ccc(C[C@H]2S/C(=N/N=C(/C)c3ccccc3)NC2=O)cc1. The van der Waals surface area contributed by atoms with Gasteiger partial charge in [0, 0.05) is 0 Å². The number of nitrogens with zero attached hydrogens (tertiary/aromatic N) is 2. The number of hydrogen-bond donors (Lipinski definition) is 1. The molecule has 0 aliphatic carbocycles. The molecule has 128 valence electrons. The Labute approximate surface area is 151 Å². The number of carbonyl (C=O) groups excluding carboxylic acids is 1. The summed E-state index contributed by atoms with van der Waals surface area (Å²) in [5.41, 5.74) is 2.90. The van der Waals surface area contributed by atoms with E-state index in [2.05, 4.69) is 15.5 Å². The number of hydrogen-bond acceptors (Lipinski definition) is 5. The van der Waals surface area contributed by atoms with Crippen LogP contribution in [0.3, 0.4) is 0 Å². The van der Waals surface area contributed by atoms with Crippen molar-refractivity contribution in [1.29, 1.82) is 0 Å². The molecule has 0 unspecified atom stereocenters. The fourth-order valence-corrected chi connectivity index (χ4v) is 3.38. The molecule has 2 aromatic rings. The molecule has 1 amide bonds. The molecule has 0 aromatic heterocycles. The third-order valence-corrected chi connectivity index (χ3v) is 4.91. The average molecular weight is 353 g/mol. The van der Waals surface area contributed by atoms with E-state index in [0.29, 0.717) is 11.6 Å². The Hall–Kier alpha value is -2.60. The van der Waals surface area contributed by atoms with Crippen LogP contribution >= 0.6 is 11.8 Å². The number of rotatable bonds is 5. The third-order valence-electron chi connectivity index (χ3n) is 3.84. The van der Waals surface area contributed by atoms with Gasteiger partial charge in [-0.05, 0) is 36.6 Å². The van der Waals surface area contributed by atoms with E-state index in [0.717, 1.165) is 22.6 Å². The molecule has 1 saturated heterocycles. The van der Waals surface area contributed by atoms with Crippen molar-refractivity contribution in [2.45, 2.75) is 18.6 Å². The van der Waals surface area contributed by atoms with Gasteiger partial charge in [-0.1, -0.05) is 54.2 Å². The molecule has 25 heavy (non-hydrogen) atoms. The first-order valence-corrected chi connectivity index (χ1v) is 8.82. The van der Waals surface area contributed by atoms with Crippen LogP contribution in [-0.2, 0) is 11.2 Å². The maximum absolute atomic E-state index is 12.1. The lowest BCUT2D eigenvalue weighted by Gasteiger charge is -2.06. The second kappa shape index (κ2) is 7.98. The van der Waals surface area contributed by atoms with Gasteiger partial charge in [-0.3, -0.25) is 4.79 Å². The van der Waals surface area contributed by atoms with E-state index in [1.54, 1.807) is 7.11 Å². The predicted molar refractivity (Wildman–Crippen MR) is 102 cm³/mol. The van der Waals surface area contributed by atoms with Crippen molar-refractivity contribution in [3.63, 3.8) is 0 Å².